The van der Waals surface area contributed by atoms with Crippen LogP contribution >= 0.6 is 0 Å². The highest BCUT2D eigenvalue weighted by atomic mass is 19.4. The number of aromatic hydroxyl groups is 1. The van der Waals surface area contributed by atoms with Gasteiger partial charge in [-0.25, -0.2) is 0 Å². The van der Waals surface area contributed by atoms with E-state index in [2.05, 4.69) is 0 Å². The molecule has 0 bridgehead atoms. The summed E-state index contributed by atoms with van der Waals surface area (Å²) in [7, 11) is 0. The molecule has 19 heavy (non-hydrogen) atoms. The van der Waals surface area contributed by atoms with E-state index in [1.54, 1.807) is 0 Å². The number of hydrogen-bond donors (Lipinski definition) is 1. The molecular formula is C15H9F3O. The number of rotatable bonds is 1. The standard InChI is InChI=1S/C15H9F3O/c16-15(17,18)13-8-10(5-6-14(13)19)12-7-9-3-1-2-4-11(9)12/h1-8,19H. The highest BCUT2D eigenvalue weighted by Crippen LogP contribution is 2.41. The van der Waals surface area contributed by atoms with Gasteiger partial charge in [0.05, 0.1) is 5.56 Å². The third-order valence-corrected chi connectivity index (χ3v) is 3.16. The van der Waals surface area contributed by atoms with Crippen molar-refractivity contribution < 1.29 is 18.3 Å². The molecule has 3 rings (SSSR count). The summed E-state index contributed by atoms with van der Waals surface area (Å²) in [6, 6.07) is 11.1. The molecule has 0 saturated heterocycles. The van der Waals surface area contributed by atoms with Gasteiger partial charge in [-0.2, -0.15) is 13.2 Å². The van der Waals surface area contributed by atoms with Crippen LogP contribution in [0.5, 0.6) is 5.75 Å². The van der Waals surface area contributed by atoms with Gasteiger partial charge in [0.2, 0.25) is 0 Å². The van der Waals surface area contributed by atoms with E-state index in [4.69, 9.17) is 0 Å². The van der Waals surface area contributed by atoms with Gasteiger partial charge in [-0.1, -0.05) is 30.3 Å². The molecule has 1 nitrogen and oxygen atoms in total. The fourth-order valence-corrected chi connectivity index (χ4v) is 2.19. The van der Waals surface area contributed by atoms with E-state index in [0.717, 1.165) is 28.8 Å². The molecule has 96 valence electrons. The number of phenols is 1. The molecule has 2 aromatic carbocycles. The van der Waals surface area contributed by atoms with E-state index >= 15 is 0 Å². The third-order valence-electron chi connectivity index (χ3n) is 3.16. The van der Waals surface area contributed by atoms with Gasteiger partial charge in [0.25, 0.3) is 0 Å². The van der Waals surface area contributed by atoms with Crippen molar-refractivity contribution in [2.75, 3.05) is 0 Å². The molecule has 0 spiro atoms. The Morgan fingerprint density at radius 3 is 2.37 bits per heavy atom. The number of benzene rings is 2. The van der Waals surface area contributed by atoms with Crippen LogP contribution in [0.4, 0.5) is 13.2 Å². The summed E-state index contributed by atoms with van der Waals surface area (Å²) in [5.74, 6) is -0.746. The molecule has 1 aliphatic carbocycles. The Balaban J connectivity index is 2.06. The molecular weight excluding hydrogens is 253 g/mol. The molecule has 0 fully saturated rings. The molecule has 2 aromatic rings. The summed E-state index contributed by atoms with van der Waals surface area (Å²) in [6.07, 6.45) is -2.72. The molecule has 1 aliphatic rings. The Hall–Kier alpha value is -2.23. The molecule has 0 heterocycles. The lowest BCUT2D eigenvalue weighted by Gasteiger charge is -2.21. The second-order valence-corrected chi connectivity index (χ2v) is 4.37. The monoisotopic (exact) mass is 262 g/mol. The van der Waals surface area contributed by atoms with E-state index in [1.165, 1.54) is 6.07 Å². The minimum atomic E-state index is -4.55. The molecule has 1 N–H and O–H groups in total. The van der Waals surface area contributed by atoms with E-state index in [-0.39, 0.29) is 0 Å². The predicted octanol–water partition coefficient (Wildman–Crippen LogP) is 4.31. The minimum absolute atomic E-state index is 0.462. The Labute approximate surface area is 107 Å². The Bertz CT molecular complexity index is 684. The van der Waals surface area contributed by atoms with Gasteiger partial charge in [-0.05, 0) is 40.5 Å². The van der Waals surface area contributed by atoms with Crippen LogP contribution in [0.1, 0.15) is 22.3 Å². The van der Waals surface area contributed by atoms with Gasteiger partial charge in [0, 0.05) is 0 Å². The zero-order valence-electron chi connectivity index (χ0n) is 9.70. The van der Waals surface area contributed by atoms with Crippen molar-refractivity contribution >= 4 is 11.6 Å². The molecule has 0 unspecified atom stereocenters. The van der Waals surface area contributed by atoms with Gasteiger partial charge in [0.15, 0.2) is 0 Å². The number of alkyl halides is 3. The molecule has 0 aromatic heterocycles. The fraction of sp³-hybridized carbons (Fsp3) is 0.0667. The summed E-state index contributed by atoms with van der Waals surface area (Å²) in [5, 5.41) is 9.30. The summed E-state index contributed by atoms with van der Waals surface area (Å²) in [5.41, 5.74) is 2.17. The second kappa shape index (κ2) is 3.88. The first kappa shape index (κ1) is 11.8. The number of fused-ring (bicyclic) bond motifs is 1. The zero-order valence-corrected chi connectivity index (χ0v) is 9.70. The summed E-state index contributed by atoms with van der Waals surface area (Å²) >= 11 is 0. The summed E-state index contributed by atoms with van der Waals surface area (Å²) in [6.45, 7) is 0. The SMILES string of the molecule is Oc1ccc(C2=Cc3ccccc32)cc1C(F)(F)F. The van der Waals surface area contributed by atoms with Crippen LogP contribution < -0.4 is 0 Å². The number of hydrogen-bond acceptors (Lipinski definition) is 1. The number of phenolic OH excluding ortho intramolecular Hbond substituents is 1. The van der Waals surface area contributed by atoms with E-state index < -0.39 is 17.5 Å². The predicted molar refractivity (Wildman–Crippen MR) is 66.5 cm³/mol. The van der Waals surface area contributed by atoms with Crippen LogP contribution in [-0.2, 0) is 6.18 Å². The Morgan fingerprint density at radius 1 is 0.947 bits per heavy atom. The van der Waals surface area contributed by atoms with E-state index in [9.17, 15) is 18.3 Å². The van der Waals surface area contributed by atoms with Gasteiger partial charge in [0.1, 0.15) is 5.75 Å². The van der Waals surface area contributed by atoms with Crippen molar-refractivity contribution in [3.05, 3.63) is 64.7 Å². The van der Waals surface area contributed by atoms with Crippen molar-refractivity contribution in [1.29, 1.82) is 0 Å². The first-order chi connectivity index (χ1) is 8.97. The zero-order chi connectivity index (χ0) is 13.6. The van der Waals surface area contributed by atoms with Crippen LogP contribution in [0.3, 0.4) is 0 Å². The first-order valence-corrected chi connectivity index (χ1v) is 5.68. The van der Waals surface area contributed by atoms with Crippen molar-refractivity contribution in [2.45, 2.75) is 6.18 Å². The lowest BCUT2D eigenvalue weighted by Crippen LogP contribution is -2.07. The summed E-state index contributed by atoms with van der Waals surface area (Å²) < 4.78 is 38.2. The normalized spacial score (nSPS) is 13.5. The van der Waals surface area contributed by atoms with Crippen molar-refractivity contribution in [2.24, 2.45) is 0 Å². The smallest absolute Gasteiger partial charge is 0.419 e. The minimum Gasteiger partial charge on any atom is -0.507 e. The van der Waals surface area contributed by atoms with Gasteiger partial charge < -0.3 is 5.11 Å². The van der Waals surface area contributed by atoms with Gasteiger partial charge in [-0.15, -0.1) is 0 Å². The average Bonchev–Trinajstić information content (AvgIpc) is 2.31. The topological polar surface area (TPSA) is 20.2 Å². The van der Waals surface area contributed by atoms with Gasteiger partial charge >= 0.3 is 6.18 Å². The van der Waals surface area contributed by atoms with E-state index in [0.29, 0.717) is 5.56 Å². The molecule has 4 heteroatoms. The second-order valence-electron chi connectivity index (χ2n) is 4.37. The number of halogens is 3. The maximum atomic E-state index is 12.7. The third kappa shape index (κ3) is 1.89. The maximum absolute atomic E-state index is 12.7. The fourth-order valence-electron chi connectivity index (χ4n) is 2.19. The maximum Gasteiger partial charge on any atom is 0.419 e. The van der Waals surface area contributed by atoms with Gasteiger partial charge in [-0.3, -0.25) is 0 Å². The van der Waals surface area contributed by atoms with Crippen molar-refractivity contribution in [1.82, 2.24) is 0 Å². The van der Waals surface area contributed by atoms with Crippen LogP contribution in [0.2, 0.25) is 0 Å². The molecule has 0 aliphatic heterocycles. The molecule has 0 radical (unpaired) electrons. The quantitative estimate of drug-likeness (QED) is 0.692. The van der Waals surface area contributed by atoms with Crippen LogP contribution in [0, 0.1) is 0 Å². The molecule has 0 saturated carbocycles. The van der Waals surface area contributed by atoms with Crippen LogP contribution in [-0.4, -0.2) is 5.11 Å². The Kier molecular flexibility index (Phi) is 2.42. The van der Waals surface area contributed by atoms with Crippen molar-refractivity contribution in [3.8, 4) is 5.75 Å². The lowest BCUT2D eigenvalue weighted by atomic mass is 9.84. The van der Waals surface area contributed by atoms with E-state index in [1.807, 2.05) is 30.3 Å². The lowest BCUT2D eigenvalue weighted by molar-refractivity contribution is -0.138. The average molecular weight is 262 g/mol. The summed E-state index contributed by atoms with van der Waals surface area (Å²) in [4.78, 5) is 0. The highest BCUT2D eigenvalue weighted by Gasteiger charge is 2.34. The largest absolute Gasteiger partial charge is 0.507 e. The molecule has 0 amide bonds. The molecule has 0 atom stereocenters. The van der Waals surface area contributed by atoms with Crippen LogP contribution in [0.15, 0.2) is 42.5 Å². The first-order valence-electron chi connectivity index (χ1n) is 5.68. The van der Waals surface area contributed by atoms with Crippen molar-refractivity contribution in [3.63, 3.8) is 0 Å². The van der Waals surface area contributed by atoms with Crippen LogP contribution in [0.25, 0.3) is 11.6 Å². The Morgan fingerprint density at radius 2 is 1.68 bits per heavy atom. The highest BCUT2D eigenvalue weighted by molar-refractivity contribution is 6.02.